The number of rotatable bonds is 4. The van der Waals surface area contributed by atoms with E-state index in [2.05, 4.69) is 188 Å². The Bertz CT molecular complexity index is 4510. The molecule has 0 radical (unpaired) electrons. The summed E-state index contributed by atoms with van der Waals surface area (Å²) >= 11 is 1.79. The molecule has 10 aromatic carbocycles. The Labute approximate surface area is 404 Å². The van der Waals surface area contributed by atoms with Gasteiger partial charge in [0.2, 0.25) is 0 Å². The number of aromatic nitrogens is 3. The third-order valence-corrected chi connectivity index (χ3v) is 16.1. The molecule has 0 bridgehead atoms. The van der Waals surface area contributed by atoms with E-state index < -0.39 is 5.41 Å². The van der Waals surface area contributed by atoms with Gasteiger partial charge in [-0.25, -0.2) is 15.0 Å². The molecule has 6 heteroatoms. The monoisotopic (exact) mass is 909 g/mol. The summed E-state index contributed by atoms with van der Waals surface area (Å²) in [5.41, 5.74) is 17.8. The molecule has 16 rings (SSSR count). The van der Waals surface area contributed by atoms with Crippen molar-refractivity contribution in [1.29, 1.82) is 0 Å². The summed E-state index contributed by atoms with van der Waals surface area (Å²) in [6, 6.07) is 75.9. The molecule has 0 amide bonds. The predicted molar refractivity (Wildman–Crippen MR) is 285 cm³/mol. The Morgan fingerprint density at radius 1 is 0.314 bits per heavy atom. The van der Waals surface area contributed by atoms with E-state index in [-0.39, 0.29) is 0 Å². The zero-order valence-electron chi connectivity index (χ0n) is 37.3. The Morgan fingerprint density at radius 3 is 1.74 bits per heavy atom. The SMILES string of the molecule is c1ccc(-c2nc(-c3cccc(-c4ccc5c(c4)oc4ccc6c(c45)C4(c5ccccc5-c5ccccc54)c4cc5oc7ccccc7c5cc4-6)c3)nc(-c3ccc4c(c3)sc3ccccc34)n2)cc1. The maximum Gasteiger partial charge on any atom is 0.164 e. The first-order valence-electron chi connectivity index (χ1n) is 23.6. The lowest BCUT2D eigenvalue weighted by molar-refractivity contribution is 0.666. The average Bonchev–Trinajstić information content (AvgIpc) is 4.22. The number of thiophene rings is 1. The first-order valence-corrected chi connectivity index (χ1v) is 24.5. The molecular formula is C64H35N3O2S. The van der Waals surface area contributed by atoms with Crippen LogP contribution >= 0.6 is 11.3 Å². The maximum atomic E-state index is 6.98. The van der Waals surface area contributed by atoms with E-state index in [1.54, 1.807) is 11.3 Å². The van der Waals surface area contributed by atoms with Gasteiger partial charge in [-0.1, -0.05) is 158 Å². The summed E-state index contributed by atoms with van der Waals surface area (Å²) in [4.78, 5) is 15.4. The Morgan fingerprint density at radius 2 is 0.914 bits per heavy atom. The third kappa shape index (κ3) is 5.17. The number of hydrogen-bond acceptors (Lipinski definition) is 6. The van der Waals surface area contributed by atoms with Crippen molar-refractivity contribution in [3.8, 4) is 67.5 Å². The van der Waals surface area contributed by atoms with Crippen LogP contribution in [0.4, 0.5) is 0 Å². The van der Waals surface area contributed by atoms with Crippen LogP contribution in [0.2, 0.25) is 0 Å². The van der Waals surface area contributed by atoms with Crippen LogP contribution in [0.5, 0.6) is 0 Å². The fraction of sp³-hybridized carbons (Fsp3) is 0.0156. The predicted octanol–water partition coefficient (Wildman–Crippen LogP) is 17.0. The van der Waals surface area contributed by atoms with Crippen molar-refractivity contribution >= 4 is 75.4 Å². The first-order chi connectivity index (χ1) is 34.7. The van der Waals surface area contributed by atoms with Gasteiger partial charge in [0.1, 0.15) is 22.3 Å². The van der Waals surface area contributed by atoms with Gasteiger partial charge in [0, 0.05) is 58.4 Å². The molecule has 0 unspecified atom stereocenters. The second-order valence-corrected chi connectivity index (χ2v) is 19.7. The molecule has 0 aliphatic heterocycles. The van der Waals surface area contributed by atoms with Crippen LogP contribution in [0.25, 0.3) is 132 Å². The summed E-state index contributed by atoms with van der Waals surface area (Å²) in [6.45, 7) is 0. The highest BCUT2D eigenvalue weighted by Gasteiger charge is 2.53. The van der Waals surface area contributed by atoms with E-state index in [1.165, 1.54) is 64.7 Å². The molecule has 0 atom stereocenters. The van der Waals surface area contributed by atoms with Gasteiger partial charge in [0.15, 0.2) is 17.5 Å². The quantitative estimate of drug-likeness (QED) is 0.176. The van der Waals surface area contributed by atoms with Crippen molar-refractivity contribution in [2.75, 3.05) is 0 Å². The third-order valence-electron chi connectivity index (χ3n) is 14.9. The van der Waals surface area contributed by atoms with Gasteiger partial charge in [-0.2, -0.15) is 0 Å². The maximum absolute atomic E-state index is 6.98. The fourth-order valence-corrected chi connectivity index (χ4v) is 13.1. The largest absolute Gasteiger partial charge is 0.456 e. The first kappa shape index (κ1) is 38.0. The van der Waals surface area contributed by atoms with E-state index >= 15 is 0 Å². The summed E-state index contributed by atoms with van der Waals surface area (Å²) in [5, 5.41) is 6.97. The summed E-state index contributed by atoms with van der Waals surface area (Å²) in [5.74, 6) is 1.89. The van der Waals surface area contributed by atoms with E-state index in [0.717, 1.165) is 71.7 Å². The van der Waals surface area contributed by atoms with E-state index in [9.17, 15) is 0 Å². The van der Waals surface area contributed by atoms with E-state index in [1.807, 2.05) is 24.3 Å². The number of para-hydroxylation sites is 1. The number of benzene rings is 10. The normalized spacial score (nSPS) is 13.3. The molecule has 0 N–H and O–H groups in total. The van der Waals surface area contributed by atoms with Gasteiger partial charge < -0.3 is 8.83 Å². The molecule has 5 nitrogen and oxygen atoms in total. The summed E-state index contributed by atoms with van der Waals surface area (Å²) in [7, 11) is 0. The van der Waals surface area contributed by atoms with Crippen molar-refractivity contribution < 1.29 is 8.83 Å². The van der Waals surface area contributed by atoms with Crippen molar-refractivity contribution in [3.63, 3.8) is 0 Å². The van der Waals surface area contributed by atoms with Gasteiger partial charge >= 0.3 is 0 Å². The molecule has 4 heterocycles. The summed E-state index contributed by atoms with van der Waals surface area (Å²) < 4.78 is 16.1. The van der Waals surface area contributed by atoms with Crippen molar-refractivity contribution in [2.24, 2.45) is 0 Å². The number of nitrogens with zero attached hydrogens (tertiary/aromatic N) is 3. The average molecular weight is 910 g/mol. The lowest BCUT2D eigenvalue weighted by Crippen LogP contribution is -2.26. The van der Waals surface area contributed by atoms with Gasteiger partial charge in [0.05, 0.1) is 5.41 Å². The smallest absolute Gasteiger partial charge is 0.164 e. The van der Waals surface area contributed by atoms with Crippen LogP contribution in [0, 0.1) is 0 Å². The Kier molecular flexibility index (Phi) is 7.63. The van der Waals surface area contributed by atoms with Crippen LogP contribution < -0.4 is 0 Å². The van der Waals surface area contributed by atoms with Gasteiger partial charge in [-0.05, 0) is 110 Å². The molecule has 4 aromatic heterocycles. The van der Waals surface area contributed by atoms with Crippen LogP contribution in [-0.2, 0) is 5.41 Å². The molecule has 0 saturated heterocycles. The second-order valence-electron chi connectivity index (χ2n) is 18.6. The van der Waals surface area contributed by atoms with Gasteiger partial charge in [-0.3, -0.25) is 0 Å². The van der Waals surface area contributed by atoms with Crippen LogP contribution in [0.15, 0.2) is 221 Å². The minimum atomic E-state index is -0.597. The standard InChI is InChI=1S/C64H35N3O2S/c1-2-13-36(14-3-1)61-65-62(67-63(66-61)40-26-27-45-44-20-7-11-24-57(44)70-58(45)33-40)39-16-12-15-37(31-39)38-25-28-47-55(32-38)69-54-30-29-46-48-34-49-43-19-6-10-23-53(43)68-56(49)35-52(48)64(60(46)59(47)54)50-21-8-4-17-41(50)42-18-5-9-22-51(42)64/h1-35H. The molecule has 0 fully saturated rings. The number of furan rings is 2. The molecule has 0 saturated carbocycles. The molecule has 1 spiro atoms. The molecule has 2 aliphatic rings. The summed E-state index contributed by atoms with van der Waals surface area (Å²) in [6.07, 6.45) is 0. The van der Waals surface area contributed by atoms with Crippen LogP contribution in [-0.4, -0.2) is 15.0 Å². The highest BCUT2D eigenvalue weighted by molar-refractivity contribution is 7.25. The molecular weight excluding hydrogens is 875 g/mol. The highest BCUT2D eigenvalue weighted by atomic mass is 32.1. The highest BCUT2D eigenvalue weighted by Crippen LogP contribution is 2.65. The number of fused-ring (bicyclic) bond motifs is 20. The van der Waals surface area contributed by atoms with Crippen LogP contribution in [0.1, 0.15) is 22.3 Å². The fourth-order valence-electron chi connectivity index (χ4n) is 11.9. The molecule has 14 aromatic rings. The van der Waals surface area contributed by atoms with Crippen molar-refractivity contribution in [2.45, 2.75) is 5.41 Å². The Hall–Kier alpha value is -8.97. The van der Waals surface area contributed by atoms with E-state index in [0.29, 0.717) is 17.5 Å². The van der Waals surface area contributed by atoms with Crippen molar-refractivity contribution in [3.05, 3.63) is 235 Å². The lowest BCUT2D eigenvalue weighted by atomic mass is 9.69. The van der Waals surface area contributed by atoms with E-state index in [4.69, 9.17) is 23.8 Å². The minimum Gasteiger partial charge on any atom is -0.456 e. The van der Waals surface area contributed by atoms with Crippen molar-refractivity contribution in [1.82, 2.24) is 15.0 Å². The zero-order valence-corrected chi connectivity index (χ0v) is 38.1. The zero-order chi connectivity index (χ0) is 45.7. The minimum absolute atomic E-state index is 0.597. The lowest BCUT2D eigenvalue weighted by Gasteiger charge is -2.31. The molecule has 324 valence electrons. The topological polar surface area (TPSA) is 65.0 Å². The van der Waals surface area contributed by atoms with Crippen LogP contribution in [0.3, 0.4) is 0 Å². The Balaban J connectivity index is 0.866. The molecule has 2 aliphatic carbocycles. The van der Waals surface area contributed by atoms with Gasteiger partial charge in [-0.15, -0.1) is 11.3 Å². The van der Waals surface area contributed by atoms with Gasteiger partial charge in [0.25, 0.3) is 0 Å². The second kappa shape index (κ2) is 14.0. The number of hydrogen-bond donors (Lipinski definition) is 0. The molecule has 70 heavy (non-hydrogen) atoms.